The van der Waals surface area contributed by atoms with Gasteiger partial charge in [-0.25, -0.2) is 0 Å². The monoisotopic (exact) mass is 275 g/mol. The van der Waals surface area contributed by atoms with Gasteiger partial charge in [-0.05, 0) is 12.1 Å². The number of benzene rings is 1. The molecular formula is C14H17N3O3. The van der Waals surface area contributed by atoms with Crippen LogP contribution in [0.3, 0.4) is 0 Å². The summed E-state index contributed by atoms with van der Waals surface area (Å²) in [6, 6.07) is 5.58. The van der Waals surface area contributed by atoms with Crippen molar-refractivity contribution in [3.8, 4) is 11.5 Å². The third-order valence-electron chi connectivity index (χ3n) is 3.17. The topological polar surface area (TPSA) is 83.4 Å². The van der Waals surface area contributed by atoms with E-state index in [1.807, 2.05) is 32.0 Å². The van der Waals surface area contributed by atoms with Gasteiger partial charge < -0.3 is 19.7 Å². The van der Waals surface area contributed by atoms with E-state index in [9.17, 15) is 0 Å². The molecule has 20 heavy (non-hydrogen) atoms. The van der Waals surface area contributed by atoms with Crippen molar-refractivity contribution in [1.82, 2.24) is 10.1 Å². The highest BCUT2D eigenvalue weighted by Crippen LogP contribution is 2.34. The van der Waals surface area contributed by atoms with Gasteiger partial charge in [0.05, 0.1) is 6.04 Å². The SMILES string of the molecule is CC(C)c1noc(COc2ccc3c(c2)OCC3N)n1. The molecule has 0 radical (unpaired) electrons. The van der Waals surface area contributed by atoms with Crippen molar-refractivity contribution in [1.29, 1.82) is 0 Å². The molecule has 0 amide bonds. The highest BCUT2D eigenvalue weighted by Gasteiger charge is 2.21. The van der Waals surface area contributed by atoms with E-state index in [0.29, 0.717) is 24.1 Å². The Labute approximate surface area is 116 Å². The Morgan fingerprint density at radius 1 is 1.45 bits per heavy atom. The van der Waals surface area contributed by atoms with Crippen LogP contribution in [-0.2, 0) is 6.61 Å². The first kappa shape index (κ1) is 12.9. The summed E-state index contributed by atoms with van der Waals surface area (Å²) in [6.45, 7) is 4.78. The average molecular weight is 275 g/mol. The Kier molecular flexibility index (Phi) is 3.31. The number of nitrogens with two attached hydrogens (primary N) is 1. The van der Waals surface area contributed by atoms with Gasteiger partial charge in [-0.3, -0.25) is 0 Å². The third kappa shape index (κ3) is 2.46. The zero-order valence-corrected chi connectivity index (χ0v) is 11.5. The van der Waals surface area contributed by atoms with Crippen LogP contribution < -0.4 is 15.2 Å². The molecule has 0 fully saturated rings. The molecule has 2 heterocycles. The lowest BCUT2D eigenvalue weighted by Gasteiger charge is -2.05. The summed E-state index contributed by atoms with van der Waals surface area (Å²) in [5.41, 5.74) is 6.90. The van der Waals surface area contributed by atoms with Gasteiger partial charge in [0.25, 0.3) is 5.89 Å². The molecule has 3 rings (SSSR count). The molecule has 1 aliphatic rings. The summed E-state index contributed by atoms with van der Waals surface area (Å²) in [5.74, 6) is 2.87. The fourth-order valence-corrected chi connectivity index (χ4v) is 2.01. The van der Waals surface area contributed by atoms with Crippen LogP contribution in [0.15, 0.2) is 22.7 Å². The van der Waals surface area contributed by atoms with Gasteiger partial charge in [-0.2, -0.15) is 4.98 Å². The molecule has 106 valence electrons. The highest BCUT2D eigenvalue weighted by atomic mass is 16.5. The van der Waals surface area contributed by atoms with Crippen molar-refractivity contribution < 1.29 is 14.0 Å². The summed E-state index contributed by atoms with van der Waals surface area (Å²) in [6.07, 6.45) is 0. The second kappa shape index (κ2) is 5.13. The van der Waals surface area contributed by atoms with Crippen LogP contribution in [0, 0.1) is 0 Å². The maximum absolute atomic E-state index is 5.89. The van der Waals surface area contributed by atoms with Crippen molar-refractivity contribution in [3.05, 3.63) is 35.5 Å². The van der Waals surface area contributed by atoms with E-state index in [4.69, 9.17) is 19.7 Å². The van der Waals surface area contributed by atoms with E-state index in [1.165, 1.54) is 0 Å². The molecule has 0 saturated heterocycles. The highest BCUT2D eigenvalue weighted by molar-refractivity contribution is 5.44. The number of nitrogens with zero attached hydrogens (tertiary/aromatic N) is 2. The lowest BCUT2D eigenvalue weighted by Crippen LogP contribution is -2.10. The van der Waals surface area contributed by atoms with Crippen molar-refractivity contribution in [2.24, 2.45) is 5.73 Å². The molecule has 0 bridgehead atoms. The Morgan fingerprint density at radius 3 is 3.05 bits per heavy atom. The lowest BCUT2D eigenvalue weighted by atomic mass is 10.1. The van der Waals surface area contributed by atoms with Gasteiger partial charge in [-0.15, -0.1) is 0 Å². The number of aromatic nitrogens is 2. The Morgan fingerprint density at radius 2 is 2.30 bits per heavy atom. The average Bonchev–Trinajstić information content (AvgIpc) is 3.04. The summed E-state index contributed by atoms with van der Waals surface area (Å²) in [7, 11) is 0. The van der Waals surface area contributed by atoms with Crippen LogP contribution in [0.1, 0.15) is 43.1 Å². The molecule has 1 unspecified atom stereocenters. The Bertz CT molecular complexity index is 609. The quantitative estimate of drug-likeness (QED) is 0.920. The Balaban J connectivity index is 1.66. The van der Waals surface area contributed by atoms with Crippen molar-refractivity contribution in [2.75, 3.05) is 6.61 Å². The first-order valence-corrected chi connectivity index (χ1v) is 6.61. The molecule has 6 nitrogen and oxygen atoms in total. The predicted octanol–water partition coefficient (Wildman–Crippen LogP) is 2.16. The predicted molar refractivity (Wildman–Crippen MR) is 71.6 cm³/mol. The second-order valence-corrected chi connectivity index (χ2v) is 5.11. The zero-order valence-electron chi connectivity index (χ0n) is 11.5. The minimum atomic E-state index is -0.0522. The van der Waals surface area contributed by atoms with Crippen molar-refractivity contribution in [3.63, 3.8) is 0 Å². The second-order valence-electron chi connectivity index (χ2n) is 5.11. The molecule has 1 aliphatic heterocycles. The normalized spacial score (nSPS) is 17.1. The van der Waals surface area contributed by atoms with Crippen molar-refractivity contribution in [2.45, 2.75) is 32.4 Å². The van der Waals surface area contributed by atoms with Crippen LogP contribution >= 0.6 is 0 Å². The molecule has 0 spiro atoms. The van der Waals surface area contributed by atoms with Crippen LogP contribution in [0.2, 0.25) is 0 Å². The van der Waals surface area contributed by atoms with Gasteiger partial charge >= 0.3 is 0 Å². The van der Waals surface area contributed by atoms with Gasteiger partial charge in [0.1, 0.15) is 18.1 Å². The van der Waals surface area contributed by atoms with E-state index < -0.39 is 0 Å². The molecule has 1 aromatic heterocycles. The van der Waals surface area contributed by atoms with Crippen molar-refractivity contribution >= 4 is 0 Å². The first-order valence-electron chi connectivity index (χ1n) is 6.61. The van der Waals surface area contributed by atoms with Crippen LogP contribution in [0.5, 0.6) is 11.5 Å². The lowest BCUT2D eigenvalue weighted by molar-refractivity contribution is 0.241. The third-order valence-corrected chi connectivity index (χ3v) is 3.17. The first-order chi connectivity index (χ1) is 9.63. The maximum Gasteiger partial charge on any atom is 0.264 e. The van der Waals surface area contributed by atoms with E-state index >= 15 is 0 Å². The number of hydrogen-bond donors (Lipinski definition) is 1. The Hall–Kier alpha value is -2.08. The summed E-state index contributed by atoms with van der Waals surface area (Å²) < 4.78 is 16.2. The molecule has 6 heteroatoms. The molecule has 2 aromatic rings. The number of hydrogen-bond acceptors (Lipinski definition) is 6. The van der Waals surface area contributed by atoms with E-state index in [2.05, 4.69) is 10.1 Å². The maximum atomic E-state index is 5.89. The standard InChI is InChI=1S/C14H17N3O3/c1-8(2)14-16-13(20-17-14)7-18-9-3-4-10-11(15)6-19-12(10)5-9/h3-5,8,11H,6-7,15H2,1-2H3. The van der Waals surface area contributed by atoms with Gasteiger partial charge in [0.2, 0.25) is 0 Å². The van der Waals surface area contributed by atoms with Gasteiger partial charge in [0, 0.05) is 17.5 Å². The summed E-state index contributed by atoms with van der Waals surface area (Å²) in [5, 5.41) is 3.89. The largest absolute Gasteiger partial charge is 0.491 e. The van der Waals surface area contributed by atoms with Gasteiger partial charge in [-0.1, -0.05) is 19.0 Å². The molecule has 1 atom stereocenters. The van der Waals surface area contributed by atoms with E-state index in [-0.39, 0.29) is 18.6 Å². The number of rotatable bonds is 4. The van der Waals surface area contributed by atoms with Gasteiger partial charge in [0.15, 0.2) is 12.4 Å². The fourth-order valence-electron chi connectivity index (χ4n) is 2.01. The number of fused-ring (bicyclic) bond motifs is 1. The molecule has 0 saturated carbocycles. The molecule has 1 aromatic carbocycles. The molecule has 0 aliphatic carbocycles. The number of ether oxygens (including phenoxy) is 2. The van der Waals surface area contributed by atoms with Crippen LogP contribution in [-0.4, -0.2) is 16.7 Å². The summed E-state index contributed by atoms with van der Waals surface area (Å²) >= 11 is 0. The van der Waals surface area contributed by atoms with E-state index in [0.717, 1.165) is 11.3 Å². The minimum Gasteiger partial charge on any atom is -0.491 e. The smallest absolute Gasteiger partial charge is 0.264 e. The molecule has 2 N–H and O–H groups in total. The fraction of sp³-hybridized carbons (Fsp3) is 0.429. The van der Waals surface area contributed by atoms with Crippen LogP contribution in [0.25, 0.3) is 0 Å². The van der Waals surface area contributed by atoms with E-state index in [1.54, 1.807) is 0 Å². The molecular weight excluding hydrogens is 258 g/mol. The zero-order chi connectivity index (χ0) is 14.1. The summed E-state index contributed by atoms with van der Waals surface area (Å²) in [4.78, 5) is 4.26. The minimum absolute atomic E-state index is 0.0522. The van der Waals surface area contributed by atoms with Crippen LogP contribution in [0.4, 0.5) is 0 Å².